The highest BCUT2D eigenvalue weighted by atomic mass is 19.4. The van der Waals surface area contributed by atoms with Crippen LogP contribution in [0.25, 0.3) is 21.9 Å². The van der Waals surface area contributed by atoms with Crippen molar-refractivity contribution in [3.8, 4) is 11.1 Å². The number of aliphatic carboxylic acids is 1. The number of nitrogens with zero attached hydrogens (tertiary/aromatic N) is 1. The van der Waals surface area contributed by atoms with E-state index in [2.05, 4.69) is 5.32 Å². The van der Waals surface area contributed by atoms with Gasteiger partial charge in [-0.2, -0.15) is 13.2 Å². The van der Waals surface area contributed by atoms with Gasteiger partial charge in [-0.05, 0) is 58.0 Å². The van der Waals surface area contributed by atoms with Crippen LogP contribution < -0.4 is 10.9 Å². The summed E-state index contributed by atoms with van der Waals surface area (Å²) in [5, 5.41) is 15.2. The summed E-state index contributed by atoms with van der Waals surface area (Å²) in [7, 11) is 1.44. The molecule has 1 aromatic heterocycles. The predicted molar refractivity (Wildman–Crippen MR) is 182 cm³/mol. The van der Waals surface area contributed by atoms with E-state index in [0.717, 1.165) is 22.8 Å². The van der Waals surface area contributed by atoms with Gasteiger partial charge in [0.1, 0.15) is 6.04 Å². The van der Waals surface area contributed by atoms with Crippen molar-refractivity contribution >= 4 is 16.7 Å². The van der Waals surface area contributed by atoms with E-state index < -0.39 is 40.4 Å². The summed E-state index contributed by atoms with van der Waals surface area (Å²) in [6.45, 7) is 1.46. The minimum Gasteiger partial charge on any atom is -0.480 e. The first-order valence-corrected chi connectivity index (χ1v) is 15.5. The molecule has 0 saturated heterocycles. The Morgan fingerprint density at radius 2 is 1.23 bits per heavy atom. The van der Waals surface area contributed by atoms with Gasteiger partial charge >= 0.3 is 12.1 Å². The molecule has 6 aromatic rings. The molecule has 0 amide bonds. The first kappa shape index (κ1) is 32.5. The molecule has 242 valence electrons. The zero-order valence-electron chi connectivity index (χ0n) is 26.3. The number of carboxylic acids is 1. The van der Waals surface area contributed by atoms with E-state index in [0.29, 0.717) is 16.3 Å². The third-order valence-corrected chi connectivity index (χ3v) is 8.99. The molecule has 0 aliphatic heterocycles. The minimum atomic E-state index is -4.76. The van der Waals surface area contributed by atoms with E-state index >= 15 is 0 Å². The standard InChI is InChI=1S/C40H33F3N2O3/c1-26-24-34(40(41,42)43)36(37(46)45(26)2)33-23-22-27(31-20-12-13-21-32(31)33)25-35(38(47)48)44-39(28-14-6-3-7-15-28,29-16-8-4-9-17-29)30-18-10-5-11-19-30/h3-24,35,44H,25H2,1-2H3,(H,47,48). The number of hydrogen-bond donors (Lipinski definition) is 2. The van der Waals surface area contributed by atoms with Crippen molar-refractivity contribution in [2.45, 2.75) is 31.1 Å². The number of hydrogen-bond acceptors (Lipinski definition) is 3. The molecule has 1 heterocycles. The Hall–Kier alpha value is -5.47. The fourth-order valence-electron chi connectivity index (χ4n) is 6.56. The predicted octanol–water partition coefficient (Wildman–Crippen LogP) is 8.11. The lowest BCUT2D eigenvalue weighted by atomic mass is 9.76. The third kappa shape index (κ3) is 5.91. The van der Waals surface area contributed by atoms with Gasteiger partial charge in [0.2, 0.25) is 0 Å². The van der Waals surface area contributed by atoms with Gasteiger partial charge in [-0.25, -0.2) is 0 Å². The van der Waals surface area contributed by atoms with Gasteiger partial charge in [0, 0.05) is 12.7 Å². The van der Waals surface area contributed by atoms with Crippen molar-refractivity contribution in [2.24, 2.45) is 7.05 Å². The van der Waals surface area contributed by atoms with Crippen LogP contribution in [0.4, 0.5) is 13.2 Å². The molecule has 1 atom stereocenters. The molecule has 5 aromatic carbocycles. The fourth-order valence-corrected chi connectivity index (χ4v) is 6.56. The van der Waals surface area contributed by atoms with Crippen LogP contribution in [0.3, 0.4) is 0 Å². The minimum absolute atomic E-state index is 0.00239. The van der Waals surface area contributed by atoms with E-state index in [4.69, 9.17) is 0 Å². The van der Waals surface area contributed by atoms with Crippen LogP contribution in [-0.4, -0.2) is 21.7 Å². The molecule has 48 heavy (non-hydrogen) atoms. The summed E-state index contributed by atoms with van der Waals surface area (Å²) in [6, 6.07) is 38.7. The highest BCUT2D eigenvalue weighted by Crippen LogP contribution is 2.40. The second-order valence-electron chi connectivity index (χ2n) is 11.8. The quantitative estimate of drug-likeness (QED) is 0.156. The SMILES string of the molecule is Cc1cc(C(F)(F)F)c(-c2ccc(CC(NC(c3ccccc3)(c3ccccc3)c3ccccc3)C(=O)O)c3ccccc23)c(=O)n1C. The van der Waals surface area contributed by atoms with Crippen LogP contribution >= 0.6 is 0 Å². The van der Waals surface area contributed by atoms with Crippen LogP contribution in [0.1, 0.15) is 33.5 Å². The molecule has 0 aliphatic rings. The summed E-state index contributed by atoms with van der Waals surface area (Å²) in [5.74, 6) is -1.10. The molecule has 0 fully saturated rings. The van der Waals surface area contributed by atoms with Crippen molar-refractivity contribution < 1.29 is 23.1 Å². The molecule has 0 saturated carbocycles. The third-order valence-electron chi connectivity index (χ3n) is 8.99. The lowest BCUT2D eigenvalue weighted by Gasteiger charge is -2.39. The van der Waals surface area contributed by atoms with E-state index in [9.17, 15) is 27.9 Å². The maximum Gasteiger partial charge on any atom is 0.417 e. The second kappa shape index (κ2) is 13.0. The number of aromatic nitrogens is 1. The number of carbonyl (C=O) groups is 1. The van der Waals surface area contributed by atoms with E-state index in [1.54, 1.807) is 30.3 Å². The van der Waals surface area contributed by atoms with Crippen LogP contribution in [0.15, 0.2) is 138 Å². The number of aryl methyl sites for hydroxylation is 1. The zero-order valence-corrected chi connectivity index (χ0v) is 26.3. The smallest absolute Gasteiger partial charge is 0.417 e. The Morgan fingerprint density at radius 1 is 0.750 bits per heavy atom. The molecule has 0 aliphatic carbocycles. The maximum atomic E-state index is 14.3. The van der Waals surface area contributed by atoms with Crippen molar-refractivity contribution in [2.75, 3.05) is 0 Å². The average molecular weight is 647 g/mol. The van der Waals surface area contributed by atoms with Gasteiger partial charge in [0.15, 0.2) is 0 Å². The van der Waals surface area contributed by atoms with Crippen LogP contribution in [0.5, 0.6) is 0 Å². The van der Waals surface area contributed by atoms with E-state index in [-0.39, 0.29) is 17.7 Å². The molecule has 6 rings (SSSR count). The summed E-state index contributed by atoms with van der Waals surface area (Å²) < 4.78 is 44.2. The molecule has 5 nitrogen and oxygen atoms in total. The Labute approximate surface area is 275 Å². The van der Waals surface area contributed by atoms with E-state index in [1.807, 2.05) is 91.0 Å². The van der Waals surface area contributed by atoms with Gasteiger partial charge in [-0.15, -0.1) is 0 Å². The largest absolute Gasteiger partial charge is 0.480 e. The fraction of sp³-hybridized carbons (Fsp3) is 0.150. The van der Waals surface area contributed by atoms with Gasteiger partial charge in [-0.1, -0.05) is 127 Å². The molecule has 0 spiro atoms. The van der Waals surface area contributed by atoms with Crippen LogP contribution in [-0.2, 0) is 30.0 Å². The monoisotopic (exact) mass is 646 g/mol. The number of alkyl halides is 3. The lowest BCUT2D eigenvalue weighted by molar-refractivity contribution is -0.140. The first-order chi connectivity index (χ1) is 23.0. The molecule has 0 bridgehead atoms. The Balaban J connectivity index is 1.52. The second-order valence-corrected chi connectivity index (χ2v) is 11.8. The van der Waals surface area contributed by atoms with Gasteiger partial charge in [0.05, 0.1) is 16.7 Å². The maximum absolute atomic E-state index is 14.3. The zero-order chi connectivity index (χ0) is 34.1. The highest BCUT2D eigenvalue weighted by molar-refractivity contribution is 5.99. The topological polar surface area (TPSA) is 71.3 Å². The first-order valence-electron chi connectivity index (χ1n) is 15.5. The average Bonchev–Trinajstić information content (AvgIpc) is 3.10. The molecule has 2 N–H and O–H groups in total. The molecular weight excluding hydrogens is 613 g/mol. The van der Waals surface area contributed by atoms with Crippen LogP contribution in [0.2, 0.25) is 0 Å². The molecule has 1 unspecified atom stereocenters. The van der Waals surface area contributed by atoms with Gasteiger partial charge < -0.3 is 9.67 Å². The number of pyridine rings is 1. The van der Waals surface area contributed by atoms with Crippen LogP contribution in [0, 0.1) is 6.92 Å². The van der Waals surface area contributed by atoms with Crippen molar-refractivity contribution in [3.63, 3.8) is 0 Å². The number of benzene rings is 5. The normalized spacial score (nSPS) is 12.6. The molecular formula is C40H33F3N2O3. The van der Waals surface area contributed by atoms with Crippen molar-refractivity contribution in [1.29, 1.82) is 0 Å². The lowest BCUT2D eigenvalue weighted by Crippen LogP contribution is -2.53. The molecule has 0 radical (unpaired) electrons. The Kier molecular flexibility index (Phi) is 8.77. The summed E-state index contributed by atoms with van der Waals surface area (Å²) in [5.41, 5.74) is 0.153. The number of nitrogens with one attached hydrogen (secondary N) is 1. The summed E-state index contributed by atoms with van der Waals surface area (Å²) >= 11 is 0. The Bertz CT molecular complexity index is 2050. The Morgan fingerprint density at radius 3 is 1.71 bits per heavy atom. The van der Waals surface area contributed by atoms with E-state index in [1.165, 1.54) is 24.6 Å². The number of carboxylic acid groups (broad SMARTS) is 1. The number of rotatable bonds is 9. The number of halogens is 3. The van der Waals surface area contributed by atoms with Crippen molar-refractivity contribution in [1.82, 2.24) is 9.88 Å². The number of fused-ring (bicyclic) bond motifs is 1. The van der Waals surface area contributed by atoms with Crippen molar-refractivity contribution in [3.05, 3.63) is 177 Å². The molecule has 8 heteroatoms. The highest BCUT2D eigenvalue weighted by Gasteiger charge is 2.40. The summed E-state index contributed by atoms with van der Waals surface area (Å²) in [6.07, 6.45) is -4.76. The summed E-state index contributed by atoms with van der Waals surface area (Å²) in [4.78, 5) is 26.5. The van der Waals surface area contributed by atoms with Gasteiger partial charge in [0.25, 0.3) is 5.56 Å². The van der Waals surface area contributed by atoms with Gasteiger partial charge in [-0.3, -0.25) is 14.9 Å².